The van der Waals surface area contributed by atoms with Crippen LogP contribution in [0.5, 0.6) is 0 Å². The topological polar surface area (TPSA) is 69.6 Å². The van der Waals surface area contributed by atoms with E-state index in [-0.39, 0.29) is 12.5 Å². The number of carbonyl (C=O) groups is 1. The summed E-state index contributed by atoms with van der Waals surface area (Å²) in [5.74, 6) is -0.0759. The molecule has 2 atom stereocenters. The molecule has 0 aromatic heterocycles. The molecule has 0 fully saturated rings. The number of unbranched alkanes of at least 4 members (excludes halogenated alkanes) is 35. The Hall–Kier alpha value is -1.39. The molecular formula is C52H99NO3. The van der Waals surface area contributed by atoms with Gasteiger partial charge in [-0.3, -0.25) is 4.79 Å². The number of nitrogens with one attached hydrogen (secondary N) is 1. The van der Waals surface area contributed by atoms with Crippen molar-refractivity contribution in [2.45, 2.75) is 283 Å². The highest BCUT2D eigenvalue weighted by atomic mass is 16.3. The van der Waals surface area contributed by atoms with E-state index < -0.39 is 12.1 Å². The van der Waals surface area contributed by atoms with E-state index in [0.29, 0.717) is 6.42 Å². The Morgan fingerprint density at radius 3 is 1.04 bits per heavy atom. The molecule has 330 valence electrons. The van der Waals surface area contributed by atoms with Gasteiger partial charge in [-0.15, -0.1) is 0 Å². The third kappa shape index (κ3) is 43.7. The van der Waals surface area contributed by atoms with Gasteiger partial charge in [-0.2, -0.15) is 0 Å². The van der Waals surface area contributed by atoms with Crippen molar-refractivity contribution in [1.29, 1.82) is 0 Å². The first kappa shape index (κ1) is 54.6. The van der Waals surface area contributed by atoms with Gasteiger partial charge in [0.2, 0.25) is 5.91 Å². The van der Waals surface area contributed by atoms with Crippen LogP contribution < -0.4 is 5.32 Å². The second-order valence-electron chi connectivity index (χ2n) is 17.2. The van der Waals surface area contributed by atoms with Gasteiger partial charge in [-0.1, -0.05) is 243 Å². The number of aliphatic hydroxyl groups is 2. The van der Waals surface area contributed by atoms with Crippen LogP contribution in [-0.4, -0.2) is 34.9 Å². The highest BCUT2D eigenvalue weighted by Crippen LogP contribution is 2.16. The Morgan fingerprint density at radius 1 is 0.411 bits per heavy atom. The Kier molecular flexibility index (Phi) is 46.8. The summed E-state index contributed by atoms with van der Waals surface area (Å²) in [4.78, 5) is 12.4. The third-order valence-corrected chi connectivity index (χ3v) is 11.6. The SMILES string of the molecule is CCCCCCCCCC/C=C\CCCCCCCCCC(=O)NC(CO)C(O)/C=C/CC/C=C/CCCCCCCCCCCCCCCCCCCCC. The van der Waals surface area contributed by atoms with E-state index in [0.717, 1.165) is 32.1 Å². The van der Waals surface area contributed by atoms with Crippen molar-refractivity contribution >= 4 is 5.91 Å². The predicted octanol–water partition coefficient (Wildman–Crippen LogP) is 16.1. The molecule has 0 aliphatic rings. The first-order valence-electron chi connectivity index (χ1n) is 25.2. The first-order chi connectivity index (χ1) is 27.7. The van der Waals surface area contributed by atoms with Crippen LogP contribution in [0.25, 0.3) is 0 Å². The minimum absolute atomic E-state index is 0.0759. The van der Waals surface area contributed by atoms with E-state index in [2.05, 4.69) is 43.5 Å². The van der Waals surface area contributed by atoms with Gasteiger partial charge in [0.15, 0.2) is 0 Å². The lowest BCUT2D eigenvalue weighted by Gasteiger charge is -2.19. The fourth-order valence-electron chi connectivity index (χ4n) is 7.72. The van der Waals surface area contributed by atoms with Crippen molar-refractivity contribution in [2.75, 3.05) is 6.61 Å². The number of hydrogen-bond acceptors (Lipinski definition) is 3. The molecule has 0 aromatic carbocycles. The van der Waals surface area contributed by atoms with Crippen LogP contribution >= 0.6 is 0 Å². The van der Waals surface area contributed by atoms with Crippen LogP contribution in [0.2, 0.25) is 0 Å². The molecule has 4 heteroatoms. The van der Waals surface area contributed by atoms with Gasteiger partial charge in [0.1, 0.15) is 0 Å². The molecule has 0 radical (unpaired) electrons. The summed E-state index contributed by atoms with van der Waals surface area (Å²) in [6.45, 7) is 4.32. The van der Waals surface area contributed by atoms with Crippen molar-refractivity contribution in [2.24, 2.45) is 0 Å². The van der Waals surface area contributed by atoms with Gasteiger partial charge < -0.3 is 15.5 Å². The molecule has 0 aliphatic heterocycles. The number of allylic oxidation sites excluding steroid dienone is 5. The Balaban J connectivity index is 3.56. The Labute approximate surface area is 351 Å². The van der Waals surface area contributed by atoms with E-state index in [4.69, 9.17) is 0 Å². The molecule has 0 rings (SSSR count). The summed E-state index contributed by atoms with van der Waals surface area (Å²) in [5, 5.41) is 23.1. The minimum Gasteiger partial charge on any atom is -0.394 e. The largest absolute Gasteiger partial charge is 0.394 e. The van der Waals surface area contributed by atoms with Crippen LogP contribution in [0.15, 0.2) is 36.5 Å². The highest BCUT2D eigenvalue weighted by molar-refractivity contribution is 5.76. The van der Waals surface area contributed by atoms with Crippen molar-refractivity contribution in [1.82, 2.24) is 5.32 Å². The third-order valence-electron chi connectivity index (χ3n) is 11.6. The predicted molar refractivity (Wildman–Crippen MR) is 248 cm³/mol. The summed E-state index contributed by atoms with van der Waals surface area (Å²) in [6, 6.07) is -0.641. The fraction of sp³-hybridized carbons (Fsp3) is 0.865. The zero-order valence-electron chi connectivity index (χ0n) is 37.9. The second kappa shape index (κ2) is 48.0. The lowest BCUT2D eigenvalue weighted by Crippen LogP contribution is -2.45. The average molecular weight is 786 g/mol. The molecule has 0 spiro atoms. The number of hydrogen-bond donors (Lipinski definition) is 3. The molecule has 2 unspecified atom stereocenters. The Bertz CT molecular complexity index is 851. The summed E-state index contributed by atoms with van der Waals surface area (Å²) in [7, 11) is 0. The smallest absolute Gasteiger partial charge is 0.220 e. The molecule has 0 heterocycles. The van der Waals surface area contributed by atoms with E-state index >= 15 is 0 Å². The number of rotatable bonds is 46. The summed E-state index contributed by atoms with van der Waals surface area (Å²) >= 11 is 0. The van der Waals surface area contributed by atoms with Crippen LogP contribution in [0, 0.1) is 0 Å². The molecular weight excluding hydrogens is 687 g/mol. The molecule has 0 bridgehead atoms. The molecule has 0 saturated carbocycles. The van der Waals surface area contributed by atoms with E-state index in [1.807, 2.05) is 6.08 Å². The molecule has 0 aliphatic carbocycles. The summed E-state index contributed by atoms with van der Waals surface area (Å²) < 4.78 is 0. The van der Waals surface area contributed by atoms with E-state index in [9.17, 15) is 15.0 Å². The van der Waals surface area contributed by atoms with Gasteiger partial charge in [-0.25, -0.2) is 0 Å². The zero-order chi connectivity index (χ0) is 40.7. The molecule has 0 aromatic rings. The maximum atomic E-state index is 12.4. The molecule has 1 amide bonds. The molecule has 56 heavy (non-hydrogen) atoms. The minimum atomic E-state index is -0.864. The second-order valence-corrected chi connectivity index (χ2v) is 17.2. The first-order valence-corrected chi connectivity index (χ1v) is 25.2. The van der Waals surface area contributed by atoms with Gasteiger partial charge in [0, 0.05) is 6.42 Å². The maximum Gasteiger partial charge on any atom is 0.220 e. The van der Waals surface area contributed by atoms with Crippen LogP contribution in [0.1, 0.15) is 271 Å². The number of amides is 1. The number of aliphatic hydroxyl groups excluding tert-OH is 2. The normalized spacial score (nSPS) is 13.1. The van der Waals surface area contributed by atoms with Gasteiger partial charge >= 0.3 is 0 Å². The summed E-state index contributed by atoms with van der Waals surface area (Å²) in [5.41, 5.74) is 0. The lowest BCUT2D eigenvalue weighted by atomic mass is 10.0. The van der Waals surface area contributed by atoms with Crippen LogP contribution in [0.3, 0.4) is 0 Å². The monoisotopic (exact) mass is 786 g/mol. The standard InChI is InChI=1S/C52H99NO3/c1-3-5-7-9-11-13-15-17-19-21-23-24-25-26-27-28-30-31-33-35-37-39-41-43-45-47-51(55)50(49-54)53-52(56)48-46-44-42-40-38-36-34-32-29-22-20-18-16-14-12-10-8-6-4-2/h22,29,37,39,45,47,50-51,54-55H,3-21,23-28,30-36,38,40-44,46,48-49H2,1-2H3,(H,53,56)/b29-22-,39-37+,47-45+. The average Bonchev–Trinajstić information content (AvgIpc) is 3.20. The summed E-state index contributed by atoms with van der Waals surface area (Å²) in [6.07, 6.45) is 64.2. The van der Waals surface area contributed by atoms with Crippen LogP contribution in [-0.2, 0) is 4.79 Å². The zero-order valence-corrected chi connectivity index (χ0v) is 37.9. The Morgan fingerprint density at radius 2 is 0.696 bits per heavy atom. The van der Waals surface area contributed by atoms with Crippen molar-refractivity contribution in [3.05, 3.63) is 36.5 Å². The lowest BCUT2D eigenvalue weighted by molar-refractivity contribution is -0.123. The maximum absolute atomic E-state index is 12.4. The van der Waals surface area contributed by atoms with Gasteiger partial charge in [0.05, 0.1) is 18.8 Å². The molecule has 0 saturated heterocycles. The van der Waals surface area contributed by atoms with Gasteiger partial charge in [-0.05, 0) is 57.8 Å². The van der Waals surface area contributed by atoms with Crippen LogP contribution in [0.4, 0.5) is 0 Å². The van der Waals surface area contributed by atoms with Crippen molar-refractivity contribution < 1.29 is 15.0 Å². The van der Waals surface area contributed by atoms with Crippen molar-refractivity contribution in [3.8, 4) is 0 Å². The molecule has 3 N–H and O–H groups in total. The van der Waals surface area contributed by atoms with Gasteiger partial charge in [0.25, 0.3) is 0 Å². The fourth-order valence-corrected chi connectivity index (χ4v) is 7.72. The molecule has 4 nitrogen and oxygen atoms in total. The number of carbonyl (C=O) groups excluding carboxylic acids is 1. The quantitative estimate of drug-likeness (QED) is 0.0425. The van der Waals surface area contributed by atoms with Crippen molar-refractivity contribution in [3.63, 3.8) is 0 Å². The van der Waals surface area contributed by atoms with E-state index in [1.165, 1.54) is 218 Å². The highest BCUT2D eigenvalue weighted by Gasteiger charge is 2.17. The van der Waals surface area contributed by atoms with E-state index in [1.54, 1.807) is 6.08 Å².